The second-order valence-electron chi connectivity index (χ2n) is 5.67. The van der Waals surface area contributed by atoms with Gasteiger partial charge in [-0.1, -0.05) is 30.3 Å². The van der Waals surface area contributed by atoms with Crippen LogP contribution >= 0.6 is 27.7 Å². The van der Waals surface area contributed by atoms with Gasteiger partial charge in [-0.05, 0) is 58.1 Å². The van der Waals surface area contributed by atoms with E-state index in [0.717, 1.165) is 0 Å². The molecule has 1 atom stereocenters. The monoisotopic (exact) mass is 466 g/mol. The lowest BCUT2D eigenvalue weighted by Gasteiger charge is -2.16. The van der Waals surface area contributed by atoms with Crippen LogP contribution in [0.15, 0.2) is 57.2 Å². The molecular formula is C19H19BrN2O5S. The molecule has 2 rings (SSSR count). The van der Waals surface area contributed by atoms with Gasteiger partial charge in [0.15, 0.2) is 10.4 Å². The Morgan fingerprint density at radius 1 is 1.21 bits per heavy atom. The number of carbonyl (C=O) groups is 3. The minimum atomic E-state index is -1.14. The van der Waals surface area contributed by atoms with E-state index >= 15 is 0 Å². The van der Waals surface area contributed by atoms with E-state index in [9.17, 15) is 19.5 Å². The van der Waals surface area contributed by atoms with Gasteiger partial charge in [0.2, 0.25) is 0 Å². The fourth-order valence-electron chi connectivity index (χ4n) is 2.22. The molecule has 0 fully saturated rings. The third kappa shape index (κ3) is 6.58. The van der Waals surface area contributed by atoms with Gasteiger partial charge in [0, 0.05) is 0 Å². The third-order valence-electron chi connectivity index (χ3n) is 3.61. The van der Waals surface area contributed by atoms with Gasteiger partial charge in [-0.2, -0.15) is 11.8 Å². The van der Waals surface area contributed by atoms with Crippen LogP contribution < -0.4 is 10.6 Å². The molecule has 148 valence electrons. The largest absolute Gasteiger partial charge is 0.480 e. The average molecular weight is 467 g/mol. The molecule has 1 aromatic carbocycles. The molecule has 3 N–H and O–H groups in total. The number of hydrogen-bond donors (Lipinski definition) is 3. The summed E-state index contributed by atoms with van der Waals surface area (Å²) in [7, 11) is 0. The third-order valence-corrected chi connectivity index (χ3v) is 4.68. The highest BCUT2D eigenvalue weighted by molar-refractivity contribution is 9.10. The Morgan fingerprint density at radius 3 is 2.50 bits per heavy atom. The lowest BCUT2D eigenvalue weighted by molar-refractivity contribution is -0.141. The van der Waals surface area contributed by atoms with Crippen LogP contribution in [-0.4, -0.2) is 40.9 Å². The van der Waals surface area contributed by atoms with Crippen molar-refractivity contribution >= 4 is 51.6 Å². The summed E-state index contributed by atoms with van der Waals surface area (Å²) >= 11 is 4.59. The van der Waals surface area contributed by atoms with E-state index in [1.165, 1.54) is 23.9 Å². The number of halogens is 1. The summed E-state index contributed by atoms with van der Waals surface area (Å²) in [6.07, 6.45) is 3.59. The maximum Gasteiger partial charge on any atom is 0.326 e. The average Bonchev–Trinajstić information content (AvgIpc) is 3.11. The fourth-order valence-corrected chi connectivity index (χ4v) is 3.00. The van der Waals surface area contributed by atoms with Crippen molar-refractivity contribution in [3.05, 3.63) is 64.2 Å². The predicted octanol–water partition coefficient (Wildman–Crippen LogP) is 3.14. The van der Waals surface area contributed by atoms with Crippen molar-refractivity contribution in [3.8, 4) is 0 Å². The van der Waals surface area contributed by atoms with Crippen molar-refractivity contribution in [1.82, 2.24) is 10.6 Å². The number of thioether (sulfide) groups is 1. The van der Waals surface area contributed by atoms with E-state index in [1.54, 1.807) is 30.3 Å². The van der Waals surface area contributed by atoms with Crippen LogP contribution in [-0.2, 0) is 9.59 Å². The normalized spacial score (nSPS) is 12.3. The second-order valence-corrected chi connectivity index (χ2v) is 7.44. The first-order chi connectivity index (χ1) is 13.4. The first-order valence-corrected chi connectivity index (χ1v) is 10.5. The lowest BCUT2D eigenvalue weighted by Crippen LogP contribution is -2.44. The highest BCUT2D eigenvalue weighted by Crippen LogP contribution is 2.15. The van der Waals surface area contributed by atoms with E-state index < -0.39 is 23.8 Å². The number of furan rings is 1. The number of hydrogen-bond acceptors (Lipinski definition) is 5. The molecule has 1 aromatic heterocycles. The molecule has 1 heterocycles. The van der Waals surface area contributed by atoms with Crippen LogP contribution in [0.4, 0.5) is 0 Å². The fraction of sp³-hybridized carbons (Fsp3) is 0.211. The number of carboxylic acid groups (broad SMARTS) is 1. The maximum atomic E-state index is 12.7. The number of carboxylic acids is 1. The molecule has 28 heavy (non-hydrogen) atoms. The first-order valence-electron chi connectivity index (χ1n) is 8.26. The molecular weight excluding hydrogens is 448 g/mol. The summed E-state index contributed by atoms with van der Waals surface area (Å²) in [6, 6.07) is 10.8. The van der Waals surface area contributed by atoms with E-state index in [-0.39, 0.29) is 17.9 Å². The Bertz CT molecular complexity index is 866. The van der Waals surface area contributed by atoms with Crippen LogP contribution in [0.5, 0.6) is 0 Å². The molecule has 2 aromatic rings. The van der Waals surface area contributed by atoms with Crippen molar-refractivity contribution in [3.63, 3.8) is 0 Å². The highest BCUT2D eigenvalue weighted by atomic mass is 79.9. The summed E-state index contributed by atoms with van der Waals surface area (Å²) < 4.78 is 5.57. The Morgan fingerprint density at radius 2 is 1.93 bits per heavy atom. The van der Waals surface area contributed by atoms with Gasteiger partial charge in [0.25, 0.3) is 11.8 Å². The van der Waals surface area contributed by atoms with Gasteiger partial charge in [-0.3, -0.25) is 9.59 Å². The standard InChI is InChI=1S/C19H19BrN2O5S/c1-28-10-9-13(19(25)26)21-17(23)14(11-12-5-3-2-4-6-12)22-18(24)15-7-8-16(20)27-15/h2-8,11,13H,9-10H2,1H3,(H,21,23)(H,22,24)(H,25,26)/b14-11+/t13-/m0/s1. The number of benzene rings is 1. The van der Waals surface area contributed by atoms with Crippen molar-refractivity contribution in [2.45, 2.75) is 12.5 Å². The van der Waals surface area contributed by atoms with Crippen molar-refractivity contribution in [2.24, 2.45) is 0 Å². The SMILES string of the molecule is CSCC[C@H](NC(=O)/C(=C\c1ccccc1)NC(=O)c1ccc(Br)o1)C(=O)O. The van der Waals surface area contributed by atoms with Crippen LogP contribution in [0, 0.1) is 0 Å². The molecule has 2 amide bonds. The summed E-state index contributed by atoms with van der Waals surface area (Å²) in [4.78, 5) is 36.5. The number of rotatable bonds is 9. The smallest absolute Gasteiger partial charge is 0.326 e. The molecule has 7 nitrogen and oxygen atoms in total. The number of nitrogens with one attached hydrogen (secondary N) is 2. The minimum Gasteiger partial charge on any atom is -0.480 e. The quantitative estimate of drug-likeness (QED) is 0.489. The van der Waals surface area contributed by atoms with E-state index in [1.807, 2.05) is 12.3 Å². The summed E-state index contributed by atoms with van der Waals surface area (Å²) in [5, 5.41) is 14.3. The molecule has 0 unspecified atom stereocenters. The molecule has 9 heteroatoms. The Balaban J connectivity index is 2.24. The van der Waals surface area contributed by atoms with Gasteiger partial charge < -0.3 is 20.2 Å². The van der Waals surface area contributed by atoms with Gasteiger partial charge in [-0.15, -0.1) is 0 Å². The van der Waals surface area contributed by atoms with E-state index in [2.05, 4.69) is 26.6 Å². The van der Waals surface area contributed by atoms with Crippen LogP contribution in [0.25, 0.3) is 6.08 Å². The van der Waals surface area contributed by atoms with E-state index in [4.69, 9.17) is 4.42 Å². The molecule has 0 aliphatic heterocycles. The zero-order valence-electron chi connectivity index (χ0n) is 15.0. The summed E-state index contributed by atoms with van der Waals surface area (Å²) in [5.41, 5.74) is 0.587. The minimum absolute atomic E-state index is 0.0100. The molecule has 0 aliphatic carbocycles. The molecule has 0 aliphatic rings. The van der Waals surface area contributed by atoms with Crippen molar-refractivity contribution < 1.29 is 23.9 Å². The molecule has 0 radical (unpaired) electrons. The number of amides is 2. The predicted molar refractivity (Wildman–Crippen MR) is 111 cm³/mol. The van der Waals surface area contributed by atoms with Crippen molar-refractivity contribution in [2.75, 3.05) is 12.0 Å². The Hall–Kier alpha value is -2.52. The zero-order chi connectivity index (χ0) is 20.5. The second kappa shape index (κ2) is 10.7. The van der Waals surface area contributed by atoms with Gasteiger partial charge in [-0.25, -0.2) is 4.79 Å². The molecule has 0 bridgehead atoms. The Kier molecular flexibility index (Phi) is 8.34. The summed E-state index contributed by atoms with van der Waals surface area (Å²) in [5.74, 6) is -1.88. The van der Waals surface area contributed by atoms with Crippen LogP contribution in [0.3, 0.4) is 0 Å². The van der Waals surface area contributed by atoms with E-state index in [0.29, 0.717) is 16.0 Å². The summed E-state index contributed by atoms with van der Waals surface area (Å²) in [6.45, 7) is 0. The Labute approximate surface area is 174 Å². The van der Waals surface area contributed by atoms with Crippen LogP contribution in [0.2, 0.25) is 0 Å². The molecule has 0 spiro atoms. The number of carbonyl (C=O) groups excluding carboxylic acids is 2. The highest BCUT2D eigenvalue weighted by Gasteiger charge is 2.23. The lowest BCUT2D eigenvalue weighted by atomic mass is 10.1. The topological polar surface area (TPSA) is 109 Å². The molecule has 0 saturated heterocycles. The van der Waals surface area contributed by atoms with Crippen LogP contribution in [0.1, 0.15) is 22.5 Å². The zero-order valence-corrected chi connectivity index (χ0v) is 17.4. The number of aliphatic carboxylic acids is 1. The maximum absolute atomic E-state index is 12.7. The molecule has 0 saturated carbocycles. The van der Waals surface area contributed by atoms with Gasteiger partial charge in [0.05, 0.1) is 0 Å². The van der Waals surface area contributed by atoms with Gasteiger partial charge in [0.1, 0.15) is 11.7 Å². The van der Waals surface area contributed by atoms with Gasteiger partial charge >= 0.3 is 5.97 Å². The first kappa shape index (κ1) is 21.8. The van der Waals surface area contributed by atoms with Crippen molar-refractivity contribution in [1.29, 1.82) is 0 Å².